The molecule has 2 aliphatic carbocycles. The number of amides is 2. The zero-order valence-corrected chi connectivity index (χ0v) is 13.1. The molecule has 1 heterocycles. The van der Waals surface area contributed by atoms with Gasteiger partial charge < -0.3 is 20.6 Å². The maximum absolute atomic E-state index is 12.1. The number of hydrogen-bond donors (Lipinski definition) is 3. The van der Waals surface area contributed by atoms with Gasteiger partial charge in [-0.1, -0.05) is 13.3 Å². The molecule has 5 heteroatoms. The minimum Gasteiger partial charge on any atom is -0.396 e. The predicted molar refractivity (Wildman–Crippen MR) is 82.1 cm³/mol. The van der Waals surface area contributed by atoms with E-state index in [0.29, 0.717) is 5.92 Å². The van der Waals surface area contributed by atoms with Crippen molar-refractivity contribution >= 4 is 6.03 Å². The number of likely N-dealkylation sites (tertiary alicyclic amines) is 1. The van der Waals surface area contributed by atoms with Gasteiger partial charge in [0, 0.05) is 30.6 Å². The summed E-state index contributed by atoms with van der Waals surface area (Å²) in [6.45, 7) is 5.33. The van der Waals surface area contributed by atoms with Crippen LogP contribution >= 0.6 is 0 Å². The fourth-order valence-corrected chi connectivity index (χ4v) is 3.92. The fraction of sp³-hybridized carbons (Fsp3) is 0.938. The molecule has 3 fully saturated rings. The Morgan fingerprint density at radius 1 is 1.33 bits per heavy atom. The highest BCUT2D eigenvalue weighted by Gasteiger charge is 2.39. The summed E-state index contributed by atoms with van der Waals surface area (Å²) >= 11 is 0. The number of rotatable bonds is 5. The van der Waals surface area contributed by atoms with E-state index in [2.05, 4.69) is 22.5 Å². The highest BCUT2D eigenvalue weighted by atomic mass is 16.3. The number of carbonyl (C=O) groups is 1. The first kappa shape index (κ1) is 15.1. The number of aliphatic hydroxyl groups is 1. The van der Waals surface area contributed by atoms with E-state index < -0.39 is 0 Å². The van der Waals surface area contributed by atoms with Crippen LogP contribution < -0.4 is 10.6 Å². The van der Waals surface area contributed by atoms with Gasteiger partial charge in [0.2, 0.25) is 0 Å². The summed E-state index contributed by atoms with van der Waals surface area (Å²) in [5.74, 6) is 0.601. The van der Waals surface area contributed by atoms with E-state index in [1.165, 1.54) is 25.8 Å². The highest BCUT2D eigenvalue weighted by Crippen LogP contribution is 2.37. The molecule has 3 unspecified atom stereocenters. The monoisotopic (exact) mass is 295 g/mol. The molecule has 120 valence electrons. The second kappa shape index (κ2) is 6.13. The van der Waals surface area contributed by atoms with E-state index in [9.17, 15) is 9.90 Å². The molecule has 2 saturated carbocycles. The smallest absolute Gasteiger partial charge is 0.315 e. The lowest BCUT2D eigenvalue weighted by atomic mass is 9.86. The normalized spacial score (nSPS) is 36.9. The van der Waals surface area contributed by atoms with E-state index in [-0.39, 0.29) is 24.1 Å². The molecule has 0 bridgehead atoms. The first-order valence-electron chi connectivity index (χ1n) is 8.50. The van der Waals surface area contributed by atoms with Crippen LogP contribution in [0.3, 0.4) is 0 Å². The van der Waals surface area contributed by atoms with Crippen molar-refractivity contribution in [3.63, 3.8) is 0 Å². The van der Waals surface area contributed by atoms with Gasteiger partial charge >= 0.3 is 6.03 Å². The van der Waals surface area contributed by atoms with Crippen LogP contribution in [0.2, 0.25) is 0 Å². The van der Waals surface area contributed by atoms with Crippen LogP contribution in [-0.2, 0) is 0 Å². The van der Waals surface area contributed by atoms with Crippen molar-refractivity contribution in [3.8, 4) is 0 Å². The molecule has 5 nitrogen and oxygen atoms in total. The zero-order chi connectivity index (χ0) is 14.9. The molecule has 2 amide bonds. The van der Waals surface area contributed by atoms with Gasteiger partial charge in [0.25, 0.3) is 0 Å². The van der Waals surface area contributed by atoms with Crippen LogP contribution in [0.25, 0.3) is 0 Å². The van der Waals surface area contributed by atoms with E-state index in [1.54, 1.807) is 0 Å². The predicted octanol–water partition coefficient (Wildman–Crippen LogP) is 1.32. The van der Waals surface area contributed by atoms with Gasteiger partial charge in [-0.25, -0.2) is 4.79 Å². The van der Waals surface area contributed by atoms with Gasteiger partial charge in [0.1, 0.15) is 0 Å². The van der Waals surface area contributed by atoms with E-state index in [4.69, 9.17) is 0 Å². The third-order valence-electron chi connectivity index (χ3n) is 5.68. The van der Waals surface area contributed by atoms with Crippen molar-refractivity contribution in [1.82, 2.24) is 15.5 Å². The summed E-state index contributed by atoms with van der Waals surface area (Å²) in [6.07, 6.45) is 6.98. The summed E-state index contributed by atoms with van der Waals surface area (Å²) in [7, 11) is 0. The molecule has 0 aromatic rings. The van der Waals surface area contributed by atoms with Gasteiger partial charge in [-0.3, -0.25) is 0 Å². The number of hydrogen-bond acceptors (Lipinski definition) is 3. The van der Waals surface area contributed by atoms with E-state index in [0.717, 1.165) is 38.4 Å². The van der Waals surface area contributed by atoms with Gasteiger partial charge in [-0.15, -0.1) is 0 Å². The summed E-state index contributed by atoms with van der Waals surface area (Å²) < 4.78 is 0. The number of nitrogens with zero attached hydrogens (tertiary/aromatic N) is 1. The molecular formula is C16H29N3O2. The van der Waals surface area contributed by atoms with E-state index in [1.807, 2.05) is 0 Å². The molecule has 3 aliphatic rings. The minimum atomic E-state index is -0.145. The van der Waals surface area contributed by atoms with Crippen molar-refractivity contribution in [3.05, 3.63) is 0 Å². The van der Waals surface area contributed by atoms with Gasteiger partial charge in [-0.2, -0.15) is 0 Å². The quantitative estimate of drug-likeness (QED) is 0.717. The maximum Gasteiger partial charge on any atom is 0.315 e. The SMILES string of the molecule is CC1(CO)CCCC1NC(=O)NCC1CCN(C2CC2)C1. The Hall–Kier alpha value is -0.810. The Balaban J connectivity index is 1.38. The number of aliphatic hydroxyl groups excluding tert-OH is 1. The first-order chi connectivity index (χ1) is 10.1. The molecule has 21 heavy (non-hydrogen) atoms. The summed E-state index contributed by atoms with van der Waals surface area (Å²) in [5.41, 5.74) is -0.145. The van der Waals surface area contributed by atoms with Crippen molar-refractivity contribution in [2.45, 2.75) is 57.5 Å². The Morgan fingerprint density at radius 3 is 2.86 bits per heavy atom. The zero-order valence-electron chi connectivity index (χ0n) is 13.1. The standard InChI is InChI=1S/C16H29N3O2/c1-16(11-20)7-2-3-14(16)18-15(21)17-9-12-6-8-19(10-12)13-4-5-13/h12-14,20H,2-11H2,1H3,(H2,17,18,21). The largest absolute Gasteiger partial charge is 0.396 e. The molecular weight excluding hydrogens is 266 g/mol. The lowest BCUT2D eigenvalue weighted by Gasteiger charge is -2.30. The third kappa shape index (κ3) is 3.51. The van der Waals surface area contributed by atoms with Crippen LogP contribution in [0.4, 0.5) is 4.79 Å². The Kier molecular flexibility index (Phi) is 4.41. The molecule has 0 radical (unpaired) electrons. The Labute approximate surface area is 127 Å². The number of nitrogens with one attached hydrogen (secondary N) is 2. The first-order valence-corrected chi connectivity index (χ1v) is 8.50. The third-order valence-corrected chi connectivity index (χ3v) is 5.68. The van der Waals surface area contributed by atoms with E-state index >= 15 is 0 Å². The molecule has 0 aromatic heterocycles. The molecule has 1 saturated heterocycles. The molecule has 3 atom stereocenters. The molecule has 1 aliphatic heterocycles. The van der Waals surface area contributed by atoms with Crippen molar-refractivity contribution in [2.75, 3.05) is 26.2 Å². The van der Waals surface area contributed by atoms with Crippen molar-refractivity contribution in [1.29, 1.82) is 0 Å². The second-order valence-corrected chi connectivity index (χ2v) is 7.49. The second-order valence-electron chi connectivity index (χ2n) is 7.49. The van der Waals surface area contributed by atoms with Crippen LogP contribution in [0.1, 0.15) is 45.4 Å². The lowest BCUT2D eigenvalue weighted by molar-refractivity contribution is 0.121. The van der Waals surface area contributed by atoms with Crippen LogP contribution in [-0.4, -0.2) is 54.4 Å². The summed E-state index contributed by atoms with van der Waals surface area (Å²) in [6, 6.07) is 0.882. The number of carbonyl (C=O) groups excluding carboxylic acids is 1. The summed E-state index contributed by atoms with van der Waals surface area (Å²) in [4.78, 5) is 14.6. The molecule has 3 rings (SSSR count). The molecule has 0 spiro atoms. The Morgan fingerprint density at radius 2 is 2.14 bits per heavy atom. The Bertz CT molecular complexity index is 386. The topological polar surface area (TPSA) is 64.6 Å². The molecule has 3 N–H and O–H groups in total. The fourth-order valence-electron chi connectivity index (χ4n) is 3.92. The van der Waals surface area contributed by atoms with Gasteiger partial charge in [0.05, 0.1) is 6.61 Å². The van der Waals surface area contributed by atoms with Crippen LogP contribution in [0.15, 0.2) is 0 Å². The van der Waals surface area contributed by atoms with Crippen molar-refractivity contribution < 1.29 is 9.90 Å². The average Bonchev–Trinajstić information content (AvgIpc) is 3.11. The highest BCUT2D eigenvalue weighted by molar-refractivity contribution is 5.74. The average molecular weight is 295 g/mol. The minimum absolute atomic E-state index is 0.0635. The number of urea groups is 1. The summed E-state index contributed by atoms with van der Waals surface area (Å²) in [5, 5.41) is 15.6. The lowest BCUT2D eigenvalue weighted by Crippen LogP contribution is -2.49. The van der Waals surface area contributed by atoms with Crippen LogP contribution in [0.5, 0.6) is 0 Å². The van der Waals surface area contributed by atoms with Gasteiger partial charge in [0.15, 0.2) is 0 Å². The van der Waals surface area contributed by atoms with Gasteiger partial charge in [-0.05, 0) is 44.6 Å². The maximum atomic E-state index is 12.1. The molecule has 0 aromatic carbocycles. The van der Waals surface area contributed by atoms with Crippen molar-refractivity contribution in [2.24, 2.45) is 11.3 Å². The van der Waals surface area contributed by atoms with Crippen LogP contribution in [0, 0.1) is 11.3 Å².